The molecule has 1 heterocycles. The summed E-state index contributed by atoms with van der Waals surface area (Å²) in [7, 11) is 2.09. The molecule has 5 nitrogen and oxygen atoms in total. The zero-order valence-electron chi connectivity index (χ0n) is 12.2. The molecule has 1 aliphatic heterocycles. The van der Waals surface area contributed by atoms with Crippen molar-refractivity contribution in [2.45, 2.75) is 38.8 Å². The minimum absolute atomic E-state index is 0. The number of likely N-dealkylation sites (N-methyl/N-ethyl adjacent to an activating group) is 1. The van der Waals surface area contributed by atoms with Gasteiger partial charge in [-0.15, -0.1) is 24.8 Å². The summed E-state index contributed by atoms with van der Waals surface area (Å²) >= 11 is 0. The molecule has 116 valence electrons. The summed E-state index contributed by atoms with van der Waals surface area (Å²) in [5.41, 5.74) is -0.425. The van der Waals surface area contributed by atoms with Crippen molar-refractivity contribution in [3.63, 3.8) is 0 Å². The van der Waals surface area contributed by atoms with E-state index in [2.05, 4.69) is 22.6 Å². The first-order valence-corrected chi connectivity index (χ1v) is 6.26. The third kappa shape index (κ3) is 9.32. The summed E-state index contributed by atoms with van der Waals surface area (Å²) < 4.78 is 5.16. The van der Waals surface area contributed by atoms with Crippen LogP contribution < -0.4 is 10.6 Å². The zero-order valence-corrected chi connectivity index (χ0v) is 13.8. The van der Waals surface area contributed by atoms with Crippen molar-refractivity contribution >= 4 is 30.9 Å². The molecule has 1 amide bonds. The summed E-state index contributed by atoms with van der Waals surface area (Å²) in [4.78, 5) is 13.7. The van der Waals surface area contributed by atoms with Crippen molar-refractivity contribution in [3.05, 3.63) is 0 Å². The number of carbonyl (C=O) groups is 1. The van der Waals surface area contributed by atoms with Crippen molar-refractivity contribution in [2.24, 2.45) is 0 Å². The van der Waals surface area contributed by atoms with Crippen molar-refractivity contribution in [3.8, 4) is 0 Å². The molecule has 0 unspecified atom stereocenters. The van der Waals surface area contributed by atoms with Gasteiger partial charge in [0.25, 0.3) is 0 Å². The first-order chi connectivity index (χ1) is 7.88. The smallest absolute Gasteiger partial charge is 0.407 e. The van der Waals surface area contributed by atoms with Crippen LogP contribution in [-0.4, -0.2) is 55.9 Å². The van der Waals surface area contributed by atoms with Gasteiger partial charge in [0.1, 0.15) is 5.60 Å². The van der Waals surface area contributed by atoms with E-state index in [4.69, 9.17) is 4.74 Å². The van der Waals surface area contributed by atoms with E-state index in [9.17, 15) is 4.79 Å². The Morgan fingerprint density at radius 1 is 1.42 bits per heavy atom. The van der Waals surface area contributed by atoms with Crippen LogP contribution in [0.1, 0.15) is 27.2 Å². The van der Waals surface area contributed by atoms with Crippen molar-refractivity contribution in [1.82, 2.24) is 15.5 Å². The Bertz CT molecular complexity index is 254. The van der Waals surface area contributed by atoms with Gasteiger partial charge in [0.05, 0.1) is 0 Å². The summed E-state index contributed by atoms with van der Waals surface area (Å²) in [5.74, 6) is 0. The van der Waals surface area contributed by atoms with Crippen molar-refractivity contribution in [1.29, 1.82) is 0 Å². The van der Waals surface area contributed by atoms with Crippen LogP contribution >= 0.6 is 24.8 Å². The van der Waals surface area contributed by atoms with E-state index in [1.807, 2.05) is 20.8 Å². The molecule has 0 saturated carbocycles. The fraction of sp³-hybridized carbons (Fsp3) is 0.917. The largest absolute Gasteiger partial charge is 0.444 e. The van der Waals surface area contributed by atoms with E-state index in [1.54, 1.807) is 0 Å². The lowest BCUT2D eigenvalue weighted by atomic mass is 10.2. The fourth-order valence-corrected chi connectivity index (χ4v) is 1.85. The summed E-state index contributed by atoms with van der Waals surface area (Å²) in [6.45, 7) is 9.21. The number of nitrogens with zero attached hydrogens (tertiary/aromatic N) is 1. The van der Waals surface area contributed by atoms with E-state index >= 15 is 0 Å². The highest BCUT2D eigenvalue weighted by Gasteiger charge is 2.19. The first-order valence-electron chi connectivity index (χ1n) is 6.26. The number of hydrogen-bond donors (Lipinski definition) is 2. The van der Waals surface area contributed by atoms with E-state index in [0.717, 1.165) is 19.6 Å². The molecule has 0 aromatic rings. The molecule has 0 spiro atoms. The van der Waals surface area contributed by atoms with Crippen LogP contribution in [0.3, 0.4) is 0 Å². The molecular weight excluding hydrogens is 289 g/mol. The second-order valence-corrected chi connectivity index (χ2v) is 5.56. The Hall–Kier alpha value is -0.230. The molecule has 0 aromatic heterocycles. The average Bonchev–Trinajstić information content (AvgIpc) is 2.66. The van der Waals surface area contributed by atoms with Crippen LogP contribution in [0, 0.1) is 0 Å². The lowest BCUT2D eigenvalue weighted by molar-refractivity contribution is 0.0521. The molecule has 0 bridgehead atoms. The normalized spacial score (nSPS) is 18.5. The molecule has 1 saturated heterocycles. The predicted octanol–water partition coefficient (Wildman–Crippen LogP) is 1.65. The number of nitrogens with one attached hydrogen (secondary N) is 2. The third-order valence-electron chi connectivity index (χ3n) is 2.79. The number of ether oxygens (including phenoxy) is 1. The lowest BCUT2D eigenvalue weighted by Crippen LogP contribution is -2.41. The minimum Gasteiger partial charge on any atom is -0.444 e. The highest BCUT2D eigenvalue weighted by Crippen LogP contribution is 2.07. The predicted molar refractivity (Wildman–Crippen MR) is 82.6 cm³/mol. The second kappa shape index (κ2) is 9.64. The van der Waals surface area contributed by atoms with Gasteiger partial charge in [-0.3, -0.25) is 0 Å². The zero-order chi connectivity index (χ0) is 12.9. The molecular formula is C12H27Cl2N3O2. The molecule has 1 atom stereocenters. The fourth-order valence-electron chi connectivity index (χ4n) is 1.85. The number of carbonyl (C=O) groups excluding carboxylic acids is 1. The SMILES string of the molecule is CN(CCNC(=O)OC(C)(C)C)[C@H]1CCNC1.Cl.Cl. The second-order valence-electron chi connectivity index (χ2n) is 5.56. The number of rotatable bonds is 4. The van der Waals surface area contributed by atoms with Crippen molar-refractivity contribution < 1.29 is 9.53 Å². The molecule has 0 aliphatic carbocycles. The monoisotopic (exact) mass is 315 g/mol. The molecule has 0 radical (unpaired) electrons. The van der Waals surface area contributed by atoms with Crippen LogP contribution in [-0.2, 0) is 4.74 Å². The van der Waals surface area contributed by atoms with E-state index in [1.165, 1.54) is 6.42 Å². The molecule has 0 aromatic carbocycles. The highest BCUT2D eigenvalue weighted by atomic mass is 35.5. The summed E-state index contributed by atoms with van der Waals surface area (Å²) in [6.07, 6.45) is 0.846. The number of alkyl carbamates (subject to hydrolysis) is 1. The number of hydrogen-bond acceptors (Lipinski definition) is 4. The number of halogens is 2. The maximum Gasteiger partial charge on any atom is 0.407 e. The van der Waals surface area contributed by atoms with Gasteiger partial charge < -0.3 is 20.3 Å². The summed E-state index contributed by atoms with van der Waals surface area (Å²) in [5, 5.41) is 6.10. The van der Waals surface area contributed by atoms with Gasteiger partial charge in [0, 0.05) is 25.7 Å². The van der Waals surface area contributed by atoms with Gasteiger partial charge >= 0.3 is 6.09 Å². The molecule has 7 heteroatoms. The maximum atomic E-state index is 11.4. The van der Waals surface area contributed by atoms with Gasteiger partial charge in [-0.2, -0.15) is 0 Å². The Balaban J connectivity index is 0. The van der Waals surface area contributed by atoms with Crippen LogP contribution in [0.15, 0.2) is 0 Å². The van der Waals surface area contributed by atoms with Gasteiger partial charge in [0.2, 0.25) is 0 Å². The quantitative estimate of drug-likeness (QED) is 0.828. The maximum absolute atomic E-state index is 11.4. The molecule has 1 aliphatic rings. The minimum atomic E-state index is -0.425. The van der Waals surface area contributed by atoms with Crippen LogP contribution in [0.2, 0.25) is 0 Å². The molecule has 19 heavy (non-hydrogen) atoms. The van der Waals surface area contributed by atoms with Gasteiger partial charge in [-0.25, -0.2) is 4.79 Å². The van der Waals surface area contributed by atoms with Crippen LogP contribution in [0.25, 0.3) is 0 Å². The molecule has 1 fully saturated rings. The first kappa shape index (κ1) is 21.1. The Morgan fingerprint density at radius 2 is 2.05 bits per heavy atom. The van der Waals surface area contributed by atoms with Crippen LogP contribution in [0.5, 0.6) is 0 Å². The Labute approximate surface area is 128 Å². The highest BCUT2D eigenvalue weighted by molar-refractivity contribution is 5.85. The average molecular weight is 316 g/mol. The summed E-state index contributed by atoms with van der Waals surface area (Å²) in [6, 6.07) is 0.593. The van der Waals surface area contributed by atoms with Crippen LogP contribution in [0.4, 0.5) is 4.79 Å². The standard InChI is InChI=1S/C12H25N3O2.2ClH/c1-12(2,3)17-11(16)14-7-8-15(4)10-5-6-13-9-10;;/h10,13H,5-9H2,1-4H3,(H,14,16);2*1H/t10-;;/m0../s1. The third-order valence-corrected chi connectivity index (χ3v) is 2.79. The van der Waals surface area contributed by atoms with Gasteiger partial charge in [0.15, 0.2) is 0 Å². The van der Waals surface area contributed by atoms with E-state index < -0.39 is 5.60 Å². The Morgan fingerprint density at radius 3 is 2.53 bits per heavy atom. The lowest BCUT2D eigenvalue weighted by Gasteiger charge is -2.24. The molecule has 1 rings (SSSR count). The Kier molecular flexibility index (Phi) is 10.7. The topological polar surface area (TPSA) is 53.6 Å². The van der Waals surface area contributed by atoms with Gasteiger partial charge in [-0.05, 0) is 40.8 Å². The van der Waals surface area contributed by atoms with Crippen molar-refractivity contribution in [2.75, 3.05) is 33.2 Å². The van der Waals surface area contributed by atoms with E-state index in [-0.39, 0.29) is 30.9 Å². The molecule has 2 N–H and O–H groups in total. The number of amides is 1. The van der Waals surface area contributed by atoms with Gasteiger partial charge in [-0.1, -0.05) is 0 Å². The van der Waals surface area contributed by atoms with E-state index in [0.29, 0.717) is 12.6 Å².